The highest BCUT2D eigenvalue weighted by atomic mass is 79.9. The highest BCUT2D eigenvalue weighted by molar-refractivity contribution is 9.10. The molecule has 172 valence electrons. The first-order chi connectivity index (χ1) is 17.1. The molecule has 1 N–H and O–H groups in total. The van der Waals surface area contributed by atoms with E-state index in [0.29, 0.717) is 23.0 Å². The maximum atomic E-state index is 13.0. The smallest absolute Gasteiger partial charge is 0.343 e. The summed E-state index contributed by atoms with van der Waals surface area (Å²) >= 11 is 3.50. The van der Waals surface area contributed by atoms with Crippen LogP contribution >= 0.6 is 15.9 Å². The van der Waals surface area contributed by atoms with Crippen LogP contribution in [0.2, 0.25) is 0 Å². The second-order valence-electron chi connectivity index (χ2n) is 9.17. The van der Waals surface area contributed by atoms with Crippen molar-refractivity contribution in [3.63, 3.8) is 0 Å². The van der Waals surface area contributed by atoms with E-state index in [0.717, 1.165) is 16.5 Å². The number of hydrogen-bond donors (Lipinski definition) is 1. The summed E-state index contributed by atoms with van der Waals surface area (Å²) in [6, 6.07) is 32.6. The third kappa shape index (κ3) is 3.98. The highest BCUT2D eigenvalue weighted by Crippen LogP contribution is 2.45. The summed E-state index contributed by atoms with van der Waals surface area (Å²) in [4.78, 5) is 13.0. The predicted octanol–water partition coefficient (Wildman–Crippen LogP) is 7.79. The van der Waals surface area contributed by atoms with E-state index in [4.69, 9.17) is 4.42 Å². The van der Waals surface area contributed by atoms with Gasteiger partial charge in [0.25, 0.3) is 0 Å². The Labute approximate surface area is 211 Å². The van der Waals surface area contributed by atoms with E-state index < -0.39 is 5.63 Å². The lowest BCUT2D eigenvalue weighted by Gasteiger charge is -2.32. The lowest BCUT2D eigenvalue weighted by Crippen LogP contribution is -2.23. The number of aromatic hydroxyl groups is 1. The van der Waals surface area contributed by atoms with Crippen LogP contribution in [-0.2, 0) is 6.42 Å². The number of rotatable bonds is 3. The Balaban J connectivity index is 1.41. The summed E-state index contributed by atoms with van der Waals surface area (Å²) in [5, 5.41) is 11.7. The fourth-order valence-electron chi connectivity index (χ4n) is 5.41. The van der Waals surface area contributed by atoms with E-state index in [1.54, 1.807) is 18.2 Å². The predicted molar refractivity (Wildman–Crippen MR) is 143 cm³/mol. The largest absolute Gasteiger partial charge is 0.507 e. The van der Waals surface area contributed by atoms with Gasteiger partial charge in [0, 0.05) is 10.4 Å². The van der Waals surface area contributed by atoms with Gasteiger partial charge in [-0.2, -0.15) is 0 Å². The second kappa shape index (κ2) is 8.86. The van der Waals surface area contributed by atoms with Gasteiger partial charge in [-0.1, -0.05) is 88.7 Å². The van der Waals surface area contributed by atoms with Crippen molar-refractivity contribution in [1.29, 1.82) is 0 Å². The Kier molecular flexibility index (Phi) is 5.54. The molecule has 0 fully saturated rings. The van der Waals surface area contributed by atoms with E-state index in [1.807, 2.05) is 24.3 Å². The molecule has 4 heteroatoms. The average Bonchev–Trinajstić information content (AvgIpc) is 2.89. The first-order valence-electron chi connectivity index (χ1n) is 11.8. The molecule has 1 heterocycles. The van der Waals surface area contributed by atoms with Crippen molar-refractivity contribution >= 4 is 26.9 Å². The molecule has 2 atom stereocenters. The molecule has 1 aliphatic carbocycles. The van der Waals surface area contributed by atoms with Gasteiger partial charge >= 0.3 is 5.63 Å². The zero-order valence-corrected chi connectivity index (χ0v) is 20.5. The van der Waals surface area contributed by atoms with Gasteiger partial charge in [0.1, 0.15) is 11.3 Å². The van der Waals surface area contributed by atoms with Crippen LogP contribution in [0.5, 0.6) is 5.75 Å². The normalized spacial score (nSPS) is 17.3. The van der Waals surface area contributed by atoms with Crippen molar-refractivity contribution in [2.75, 3.05) is 0 Å². The maximum Gasteiger partial charge on any atom is 0.343 e. The Hall–Kier alpha value is -3.63. The van der Waals surface area contributed by atoms with Gasteiger partial charge in [-0.3, -0.25) is 0 Å². The molecular formula is C31H23BrO3. The van der Waals surface area contributed by atoms with E-state index >= 15 is 0 Å². The Morgan fingerprint density at radius 2 is 1.46 bits per heavy atom. The van der Waals surface area contributed by atoms with Crippen LogP contribution in [0.15, 0.2) is 111 Å². The van der Waals surface area contributed by atoms with Crippen molar-refractivity contribution in [2.45, 2.75) is 24.7 Å². The van der Waals surface area contributed by atoms with Crippen LogP contribution in [0.25, 0.3) is 22.1 Å². The zero-order chi connectivity index (χ0) is 23.9. The lowest BCUT2D eigenvalue weighted by molar-refractivity contribution is 0.429. The monoisotopic (exact) mass is 522 g/mol. The first-order valence-corrected chi connectivity index (χ1v) is 12.6. The molecule has 0 saturated carbocycles. The van der Waals surface area contributed by atoms with Crippen molar-refractivity contribution in [3.05, 3.63) is 134 Å². The minimum absolute atomic E-state index is 0.0468. The van der Waals surface area contributed by atoms with E-state index in [1.165, 1.54) is 22.3 Å². The minimum atomic E-state index is -0.449. The first kappa shape index (κ1) is 21.9. The minimum Gasteiger partial charge on any atom is -0.507 e. The molecule has 3 nitrogen and oxygen atoms in total. The molecule has 0 spiro atoms. The number of para-hydroxylation sites is 1. The fraction of sp³-hybridized carbons (Fsp3) is 0.129. The Morgan fingerprint density at radius 1 is 0.800 bits per heavy atom. The molecule has 1 aliphatic rings. The summed E-state index contributed by atoms with van der Waals surface area (Å²) in [5.74, 6) is 0.0293. The van der Waals surface area contributed by atoms with Crippen LogP contribution in [0.1, 0.15) is 40.5 Å². The van der Waals surface area contributed by atoms with E-state index in [-0.39, 0.29) is 17.6 Å². The molecule has 0 saturated heterocycles. The number of hydrogen-bond acceptors (Lipinski definition) is 3. The standard InChI is InChI=1S/C31H23BrO3/c32-24-15-13-20(14-16-24)19-9-11-21(12-10-19)27-18-23(17-22-5-1-2-6-25(22)27)29-30(33)26-7-3-4-8-28(26)35-31(29)34/h1-16,23,27,33H,17-18H2/t23-,27-/m1/s1. The van der Waals surface area contributed by atoms with Gasteiger partial charge in [-0.05, 0) is 70.8 Å². The summed E-state index contributed by atoms with van der Waals surface area (Å²) in [5.41, 5.74) is 6.37. The molecule has 5 aromatic rings. The number of benzene rings is 4. The van der Waals surface area contributed by atoms with Crippen LogP contribution in [0, 0.1) is 0 Å². The van der Waals surface area contributed by atoms with Gasteiger partial charge in [-0.25, -0.2) is 4.79 Å². The lowest BCUT2D eigenvalue weighted by atomic mass is 9.72. The maximum absolute atomic E-state index is 13.0. The molecule has 0 amide bonds. The van der Waals surface area contributed by atoms with Crippen LogP contribution < -0.4 is 5.63 Å². The SMILES string of the molecule is O=c1oc2ccccc2c(O)c1[C@@H]1Cc2ccccc2[C@@H](c2ccc(-c3ccc(Br)cc3)cc2)C1. The molecule has 35 heavy (non-hydrogen) atoms. The van der Waals surface area contributed by atoms with Gasteiger partial charge < -0.3 is 9.52 Å². The summed E-state index contributed by atoms with van der Waals surface area (Å²) in [7, 11) is 0. The van der Waals surface area contributed by atoms with Gasteiger partial charge in [0.05, 0.1) is 10.9 Å². The number of fused-ring (bicyclic) bond motifs is 2. The van der Waals surface area contributed by atoms with Crippen LogP contribution in [0.3, 0.4) is 0 Å². The summed E-state index contributed by atoms with van der Waals surface area (Å²) in [6.07, 6.45) is 1.42. The average molecular weight is 523 g/mol. The van der Waals surface area contributed by atoms with Gasteiger partial charge in [0.15, 0.2) is 0 Å². The molecule has 0 bridgehead atoms. The molecule has 0 radical (unpaired) electrons. The third-order valence-corrected chi connectivity index (χ3v) is 7.66. The van der Waals surface area contributed by atoms with Crippen molar-refractivity contribution in [1.82, 2.24) is 0 Å². The number of halogens is 1. The second-order valence-corrected chi connectivity index (χ2v) is 10.1. The van der Waals surface area contributed by atoms with Gasteiger partial charge in [-0.15, -0.1) is 0 Å². The van der Waals surface area contributed by atoms with Crippen LogP contribution in [0.4, 0.5) is 0 Å². The third-order valence-electron chi connectivity index (χ3n) is 7.14. The van der Waals surface area contributed by atoms with Crippen molar-refractivity contribution in [3.8, 4) is 16.9 Å². The molecule has 1 aromatic heterocycles. The Morgan fingerprint density at radius 3 is 2.23 bits per heavy atom. The molecule has 4 aromatic carbocycles. The molecule has 6 rings (SSSR count). The quantitative estimate of drug-likeness (QED) is 0.246. The van der Waals surface area contributed by atoms with Crippen LogP contribution in [-0.4, -0.2) is 5.11 Å². The molecule has 0 aliphatic heterocycles. The van der Waals surface area contributed by atoms with E-state index in [2.05, 4.69) is 70.5 Å². The summed E-state index contributed by atoms with van der Waals surface area (Å²) in [6.45, 7) is 0. The topological polar surface area (TPSA) is 50.4 Å². The van der Waals surface area contributed by atoms with Gasteiger partial charge in [0.2, 0.25) is 0 Å². The van der Waals surface area contributed by atoms with E-state index in [9.17, 15) is 9.90 Å². The zero-order valence-electron chi connectivity index (χ0n) is 18.9. The highest BCUT2D eigenvalue weighted by Gasteiger charge is 2.33. The molecule has 0 unspecified atom stereocenters. The molecular weight excluding hydrogens is 500 g/mol. The fourth-order valence-corrected chi connectivity index (χ4v) is 5.68. The Bertz CT molecular complexity index is 1580. The van der Waals surface area contributed by atoms with Crippen molar-refractivity contribution < 1.29 is 9.52 Å². The van der Waals surface area contributed by atoms with Crippen molar-refractivity contribution in [2.24, 2.45) is 0 Å². The summed E-state index contributed by atoms with van der Waals surface area (Å²) < 4.78 is 6.67.